The van der Waals surface area contributed by atoms with Crippen LogP contribution < -0.4 is 5.32 Å². The van der Waals surface area contributed by atoms with E-state index in [1.807, 2.05) is 11.8 Å². The average molecular weight is 490 g/mol. The van der Waals surface area contributed by atoms with Crippen LogP contribution in [0.5, 0.6) is 0 Å². The highest BCUT2D eigenvalue weighted by Gasteiger charge is 2.28. The van der Waals surface area contributed by atoms with E-state index in [4.69, 9.17) is 0 Å². The molecule has 2 rings (SSSR count). The Morgan fingerprint density at radius 1 is 1.38 bits per heavy atom. The summed E-state index contributed by atoms with van der Waals surface area (Å²) in [5, 5.41) is 3.99. The van der Waals surface area contributed by atoms with Crippen LogP contribution in [0.4, 0.5) is 0 Å². The van der Waals surface area contributed by atoms with Crippen molar-refractivity contribution in [1.82, 2.24) is 14.5 Å². The molecular formula is C15H31IN4O2S2. The molecule has 0 saturated carbocycles. The lowest BCUT2D eigenvalue weighted by molar-refractivity contribution is 0.379. The summed E-state index contributed by atoms with van der Waals surface area (Å²) in [6.45, 7) is 11.1. The zero-order chi connectivity index (χ0) is 16.9. The largest absolute Gasteiger partial charge is 0.357 e. The van der Waals surface area contributed by atoms with Crippen molar-refractivity contribution in [2.24, 2.45) is 10.9 Å². The van der Waals surface area contributed by atoms with Gasteiger partial charge in [-0.2, -0.15) is 11.8 Å². The lowest BCUT2D eigenvalue weighted by Crippen LogP contribution is -2.49. The minimum Gasteiger partial charge on any atom is -0.357 e. The molecule has 9 heteroatoms. The van der Waals surface area contributed by atoms with E-state index >= 15 is 0 Å². The number of rotatable bonds is 5. The number of guanidine groups is 1. The summed E-state index contributed by atoms with van der Waals surface area (Å²) in [7, 11) is -3.02. The van der Waals surface area contributed by atoms with E-state index < -0.39 is 10.0 Å². The summed E-state index contributed by atoms with van der Waals surface area (Å²) in [5.41, 5.74) is 0. The molecule has 1 unspecified atom stereocenters. The second-order valence-corrected chi connectivity index (χ2v) is 9.84. The predicted molar refractivity (Wildman–Crippen MR) is 114 cm³/mol. The van der Waals surface area contributed by atoms with E-state index in [-0.39, 0.29) is 29.7 Å². The lowest BCUT2D eigenvalue weighted by Gasteiger charge is -2.36. The fourth-order valence-electron chi connectivity index (χ4n) is 2.91. The fourth-order valence-corrected chi connectivity index (χ4v) is 5.72. The molecule has 0 aromatic rings. The van der Waals surface area contributed by atoms with Gasteiger partial charge < -0.3 is 10.2 Å². The first-order valence-corrected chi connectivity index (χ1v) is 11.2. The molecule has 0 spiro atoms. The van der Waals surface area contributed by atoms with E-state index in [1.54, 1.807) is 4.31 Å². The highest BCUT2D eigenvalue weighted by molar-refractivity contribution is 14.0. The Bertz CT molecular complexity index is 514. The summed E-state index contributed by atoms with van der Waals surface area (Å²) in [6.07, 6.45) is 0.742. The molecule has 1 N–H and O–H groups in total. The molecule has 0 aromatic heterocycles. The monoisotopic (exact) mass is 490 g/mol. The lowest BCUT2D eigenvalue weighted by atomic mass is 10.1. The second-order valence-electron chi connectivity index (χ2n) is 6.40. The predicted octanol–water partition coefficient (Wildman–Crippen LogP) is 1.68. The molecular weight excluding hydrogens is 459 g/mol. The third kappa shape index (κ3) is 6.21. The van der Waals surface area contributed by atoms with Crippen LogP contribution in [0.25, 0.3) is 0 Å². The number of thioether (sulfide) groups is 1. The third-order valence-electron chi connectivity index (χ3n) is 4.29. The molecule has 0 amide bonds. The number of aliphatic imine (C=N–C) groups is 1. The standard InChI is InChI=1S/C15H30N4O2S2.HI/c1-4-16-15(18-9-10-22-14(12-18)13(2)3)17-6-8-19-7-5-11-23(19,20)21;/h13-14H,4-12H2,1-3H3,(H,16,17);1H. The Balaban J connectivity index is 0.00000288. The van der Waals surface area contributed by atoms with Gasteiger partial charge >= 0.3 is 0 Å². The average Bonchev–Trinajstić information content (AvgIpc) is 2.85. The summed E-state index contributed by atoms with van der Waals surface area (Å²) >= 11 is 2.04. The third-order valence-corrected chi connectivity index (χ3v) is 7.78. The number of nitrogens with zero attached hydrogens (tertiary/aromatic N) is 3. The summed E-state index contributed by atoms with van der Waals surface area (Å²) in [4.78, 5) is 7.00. The maximum Gasteiger partial charge on any atom is 0.214 e. The number of sulfonamides is 1. The van der Waals surface area contributed by atoms with Gasteiger partial charge in [-0.05, 0) is 19.3 Å². The Labute approximate surface area is 168 Å². The number of hydrogen-bond donors (Lipinski definition) is 1. The van der Waals surface area contributed by atoms with Gasteiger partial charge in [-0.3, -0.25) is 4.99 Å². The highest BCUT2D eigenvalue weighted by atomic mass is 127. The molecule has 0 bridgehead atoms. The fraction of sp³-hybridized carbons (Fsp3) is 0.933. The summed E-state index contributed by atoms with van der Waals surface area (Å²) < 4.78 is 25.2. The first-order chi connectivity index (χ1) is 10.9. The maximum atomic E-state index is 11.8. The zero-order valence-electron chi connectivity index (χ0n) is 14.9. The number of halogens is 1. The van der Waals surface area contributed by atoms with Crippen LogP contribution in [0.1, 0.15) is 27.2 Å². The maximum absolute atomic E-state index is 11.8. The summed E-state index contributed by atoms with van der Waals surface area (Å²) in [6, 6.07) is 0. The van der Waals surface area contributed by atoms with Crippen LogP contribution in [0.15, 0.2) is 4.99 Å². The normalized spacial score (nSPS) is 24.9. The van der Waals surface area contributed by atoms with Crippen molar-refractivity contribution in [3.8, 4) is 0 Å². The van der Waals surface area contributed by atoms with E-state index in [0.29, 0.717) is 30.8 Å². The van der Waals surface area contributed by atoms with Crippen LogP contribution >= 0.6 is 35.7 Å². The zero-order valence-corrected chi connectivity index (χ0v) is 18.9. The number of nitrogens with one attached hydrogen (secondary N) is 1. The van der Waals surface area contributed by atoms with Gasteiger partial charge in [0.1, 0.15) is 0 Å². The van der Waals surface area contributed by atoms with E-state index in [9.17, 15) is 8.42 Å². The molecule has 2 fully saturated rings. The number of hydrogen-bond acceptors (Lipinski definition) is 4. The van der Waals surface area contributed by atoms with Crippen molar-refractivity contribution in [2.75, 3.05) is 50.8 Å². The van der Waals surface area contributed by atoms with Crippen molar-refractivity contribution in [1.29, 1.82) is 0 Å². The molecule has 2 aliphatic rings. The Kier molecular flexibility index (Phi) is 9.68. The Morgan fingerprint density at radius 2 is 2.12 bits per heavy atom. The van der Waals surface area contributed by atoms with Crippen molar-refractivity contribution >= 4 is 51.7 Å². The minimum absolute atomic E-state index is 0. The van der Waals surface area contributed by atoms with Gasteiger partial charge in [-0.1, -0.05) is 13.8 Å². The Hall–Kier alpha value is 0.260. The molecule has 1 atom stereocenters. The Morgan fingerprint density at radius 3 is 2.71 bits per heavy atom. The van der Waals surface area contributed by atoms with Crippen LogP contribution in [0.2, 0.25) is 0 Å². The van der Waals surface area contributed by atoms with Crippen LogP contribution in [0.3, 0.4) is 0 Å². The minimum atomic E-state index is -3.02. The van der Waals surface area contributed by atoms with Gasteiger partial charge in [0, 0.05) is 43.7 Å². The smallest absolute Gasteiger partial charge is 0.214 e. The molecule has 2 heterocycles. The molecule has 0 aromatic carbocycles. The SMILES string of the molecule is CCNC(=NCCN1CCCS1(=O)=O)N1CCSC(C(C)C)C1.I. The molecule has 6 nitrogen and oxygen atoms in total. The van der Waals surface area contributed by atoms with Crippen molar-refractivity contribution < 1.29 is 8.42 Å². The van der Waals surface area contributed by atoms with Crippen LogP contribution in [0, 0.1) is 5.92 Å². The van der Waals surface area contributed by atoms with Gasteiger partial charge in [-0.15, -0.1) is 24.0 Å². The first kappa shape index (κ1) is 22.3. The van der Waals surface area contributed by atoms with Gasteiger partial charge in [0.15, 0.2) is 5.96 Å². The van der Waals surface area contributed by atoms with Crippen LogP contribution in [-0.2, 0) is 10.0 Å². The van der Waals surface area contributed by atoms with E-state index in [2.05, 4.69) is 36.0 Å². The summed E-state index contributed by atoms with van der Waals surface area (Å²) in [5.74, 6) is 2.99. The quantitative estimate of drug-likeness (QED) is 0.361. The molecule has 2 aliphatic heterocycles. The van der Waals surface area contributed by atoms with Gasteiger partial charge in [0.25, 0.3) is 0 Å². The molecule has 0 radical (unpaired) electrons. The van der Waals surface area contributed by atoms with Gasteiger partial charge in [0.05, 0.1) is 12.3 Å². The van der Waals surface area contributed by atoms with Crippen LogP contribution in [-0.4, -0.2) is 79.6 Å². The van der Waals surface area contributed by atoms with E-state index in [1.165, 1.54) is 0 Å². The molecule has 142 valence electrons. The first-order valence-electron chi connectivity index (χ1n) is 8.56. The molecule has 2 saturated heterocycles. The molecule has 24 heavy (non-hydrogen) atoms. The second kappa shape index (κ2) is 10.4. The van der Waals surface area contributed by atoms with Crippen molar-refractivity contribution in [3.63, 3.8) is 0 Å². The van der Waals surface area contributed by atoms with E-state index in [0.717, 1.165) is 37.8 Å². The molecule has 0 aliphatic carbocycles. The van der Waals surface area contributed by atoms with Gasteiger partial charge in [-0.25, -0.2) is 12.7 Å². The van der Waals surface area contributed by atoms with Crippen molar-refractivity contribution in [3.05, 3.63) is 0 Å². The van der Waals surface area contributed by atoms with Crippen molar-refractivity contribution in [2.45, 2.75) is 32.4 Å². The highest BCUT2D eigenvalue weighted by Crippen LogP contribution is 2.24. The topological polar surface area (TPSA) is 65.0 Å². The van der Waals surface area contributed by atoms with Gasteiger partial charge in [0.2, 0.25) is 10.0 Å².